The first kappa shape index (κ1) is 25.8. The van der Waals surface area contributed by atoms with Crippen molar-refractivity contribution in [2.24, 2.45) is 0 Å². The number of ether oxygens (including phenoxy) is 1. The fourth-order valence-electron chi connectivity index (χ4n) is 4.61. The normalized spacial score (nSPS) is 16.5. The number of nitrogens with one attached hydrogen (secondary N) is 2. The molecule has 1 aromatic carbocycles. The molecule has 3 aromatic rings. The van der Waals surface area contributed by atoms with Gasteiger partial charge in [-0.25, -0.2) is 9.78 Å². The molecule has 1 saturated heterocycles. The molecular weight excluding hydrogens is 458 g/mol. The largest absolute Gasteiger partial charge is 0.376 e. The molecule has 36 heavy (non-hydrogen) atoms. The quantitative estimate of drug-likeness (QED) is 0.500. The lowest BCUT2D eigenvalue weighted by atomic mass is 10.0. The van der Waals surface area contributed by atoms with Gasteiger partial charge in [-0.05, 0) is 36.5 Å². The van der Waals surface area contributed by atoms with Gasteiger partial charge in [-0.3, -0.25) is 24.0 Å². The maximum Gasteiger partial charge on any atom is 0.329 e. The minimum atomic E-state index is -0.600. The van der Waals surface area contributed by atoms with Crippen molar-refractivity contribution >= 4 is 16.9 Å². The highest BCUT2D eigenvalue weighted by Crippen LogP contribution is 2.20. The van der Waals surface area contributed by atoms with Crippen molar-refractivity contribution in [2.45, 2.75) is 65.8 Å². The van der Waals surface area contributed by atoms with Crippen molar-refractivity contribution in [3.05, 3.63) is 73.6 Å². The van der Waals surface area contributed by atoms with Crippen LogP contribution >= 0.6 is 0 Å². The van der Waals surface area contributed by atoms with E-state index in [4.69, 9.17) is 4.74 Å². The Labute approximate surface area is 210 Å². The summed E-state index contributed by atoms with van der Waals surface area (Å²) in [4.78, 5) is 47.9. The number of aryl methyl sites for hydroxylation is 1. The zero-order chi connectivity index (χ0) is 25.8. The van der Waals surface area contributed by atoms with E-state index in [0.29, 0.717) is 25.2 Å². The number of hydrogen-bond acceptors (Lipinski definition) is 6. The lowest BCUT2D eigenvalue weighted by molar-refractivity contribution is -0.0212. The number of hydrogen-bond donors (Lipinski definition) is 2. The lowest BCUT2D eigenvalue weighted by Crippen LogP contribution is -2.40. The standard InChI is InChI=1S/C27H35N5O4/c1-5-9-32-24-23(26(34)30-27(32)35)21(13-22(29-24)17(2)3)25(33)28-14-19-7-6-8-20(12-19)16-31-10-11-36-18(4)15-31/h6-8,12-13,17-18H,5,9-11,14-16H2,1-4H3,(H,28,33)(H,30,34,35). The molecule has 0 spiro atoms. The third-order valence-corrected chi connectivity index (χ3v) is 6.43. The minimum Gasteiger partial charge on any atom is -0.376 e. The molecule has 1 unspecified atom stereocenters. The molecule has 0 saturated carbocycles. The molecule has 1 fully saturated rings. The topological polar surface area (TPSA) is 109 Å². The highest BCUT2D eigenvalue weighted by atomic mass is 16.5. The molecule has 9 heteroatoms. The summed E-state index contributed by atoms with van der Waals surface area (Å²) in [6, 6.07) is 9.81. The predicted octanol–water partition coefficient (Wildman–Crippen LogP) is 2.77. The summed E-state index contributed by atoms with van der Waals surface area (Å²) >= 11 is 0. The smallest absolute Gasteiger partial charge is 0.329 e. The minimum absolute atomic E-state index is 0.0185. The second-order valence-electron chi connectivity index (χ2n) is 9.78. The summed E-state index contributed by atoms with van der Waals surface area (Å²) in [7, 11) is 0. The van der Waals surface area contributed by atoms with Crippen LogP contribution in [0, 0.1) is 0 Å². The van der Waals surface area contributed by atoms with E-state index in [9.17, 15) is 14.4 Å². The fraction of sp³-hybridized carbons (Fsp3) is 0.481. The van der Waals surface area contributed by atoms with Gasteiger partial charge in [0.05, 0.1) is 23.7 Å². The Bertz CT molecular complexity index is 1360. The molecular formula is C27H35N5O4. The first-order valence-corrected chi connectivity index (χ1v) is 12.6. The number of rotatable bonds is 8. The monoisotopic (exact) mass is 493 g/mol. The number of nitrogens with zero attached hydrogens (tertiary/aromatic N) is 3. The SMILES string of the molecule is CCCn1c(=O)[nH]c(=O)c2c(C(=O)NCc3cccc(CN4CCOC(C)C4)c3)cc(C(C)C)nc21. The van der Waals surface area contributed by atoms with Crippen LogP contribution in [-0.4, -0.2) is 51.1 Å². The van der Waals surface area contributed by atoms with Gasteiger partial charge in [0.15, 0.2) is 5.65 Å². The third kappa shape index (κ3) is 5.74. The first-order chi connectivity index (χ1) is 17.3. The molecule has 4 rings (SSSR count). The molecule has 0 bridgehead atoms. The molecule has 2 N–H and O–H groups in total. The maximum atomic E-state index is 13.3. The van der Waals surface area contributed by atoms with E-state index in [-0.39, 0.29) is 34.5 Å². The van der Waals surface area contributed by atoms with Crippen molar-refractivity contribution in [1.29, 1.82) is 0 Å². The Morgan fingerprint density at radius 2 is 2.03 bits per heavy atom. The van der Waals surface area contributed by atoms with E-state index >= 15 is 0 Å². The predicted molar refractivity (Wildman–Crippen MR) is 139 cm³/mol. The summed E-state index contributed by atoms with van der Waals surface area (Å²) in [6.07, 6.45) is 0.916. The molecule has 0 radical (unpaired) electrons. The van der Waals surface area contributed by atoms with E-state index in [2.05, 4.69) is 39.2 Å². The van der Waals surface area contributed by atoms with Crippen molar-refractivity contribution in [2.75, 3.05) is 19.7 Å². The zero-order valence-electron chi connectivity index (χ0n) is 21.5. The van der Waals surface area contributed by atoms with Crippen LogP contribution in [0.4, 0.5) is 0 Å². The highest BCUT2D eigenvalue weighted by Gasteiger charge is 2.21. The van der Waals surface area contributed by atoms with Gasteiger partial charge in [0, 0.05) is 38.4 Å². The number of carbonyl (C=O) groups excluding carboxylic acids is 1. The molecule has 1 aliphatic heterocycles. The van der Waals surface area contributed by atoms with Gasteiger partial charge in [-0.1, -0.05) is 45.0 Å². The number of aromatic amines is 1. The Morgan fingerprint density at radius 1 is 1.25 bits per heavy atom. The number of pyridine rings is 1. The second kappa shape index (κ2) is 11.2. The van der Waals surface area contributed by atoms with Crippen LogP contribution in [0.2, 0.25) is 0 Å². The molecule has 2 aromatic heterocycles. The highest BCUT2D eigenvalue weighted by molar-refractivity contribution is 6.05. The zero-order valence-corrected chi connectivity index (χ0v) is 21.5. The van der Waals surface area contributed by atoms with Crippen molar-refractivity contribution in [3.8, 4) is 0 Å². The molecule has 192 valence electrons. The fourth-order valence-corrected chi connectivity index (χ4v) is 4.61. The number of benzene rings is 1. The molecule has 1 atom stereocenters. The van der Waals surface area contributed by atoms with Gasteiger partial charge in [0.25, 0.3) is 11.5 Å². The van der Waals surface area contributed by atoms with E-state index in [0.717, 1.165) is 31.8 Å². The third-order valence-electron chi connectivity index (χ3n) is 6.43. The van der Waals surface area contributed by atoms with Crippen LogP contribution in [0.5, 0.6) is 0 Å². The summed E-state index contributed by atoms with van der Waals surface area (Å²) < 4.78 is 7.07. The molecule has 0 aliphatic carbocycles. The lowest BCUT2D eigenvalue weighted by Gasteiger charge is -2.31. The number of carbonyl (C=O) groups is 1. The van der Waals surface area contributed by atoms with Gasteiger partial charge in [-0.15, -0.1) is 0 Å². The van der Waals surface area contributed by atoms with Crippen LogP contribution < -0.4 is 16.6 Å². The van der Waals surface area contributed by atoms with Gasteiger partial charge in [0.1, 0.15) is 0 Å². The van der Waals surface area contributed by atoms with Crippen LogP contribution in [0.1, 0.15) is 67.2 Å². The maximum absolute atomic E-state index is 13.3. The number of morpholine rings is 1. The van der Waals surface area contributed by atoms with Crippen molar-refractivity contribution in [1.82, 2.24) is 24.8 Å². The Morgan fingerprint density at radius 3 is 2.75 bits per heavy atom. The average molecular weight is 494 g/mol. The summed E-state index contributed by atoms with van der Waals surface area (Å²) in [5.74, 6) is -0.353. The summed E-state index contributed by atoms with van der Waals surface area (Å²) in [5.41, 5.74) is 2.17. The van der Waals surface area contributed by atoms with E-state index in [1.807, 2.05) is 32.9 Å². The second-order valence-corrected chi connectivity index (χ2v) is 9.78. The van der Waals surface area contributed by atoms with E-state index < -0.39 is 11.2 Å². The van der Waals surface area contributed by atoms with Gasteiger partial charge in [0.2, 0.25) is 0 Å². The molecule has 1 aliphatic rings. The summed E-state index contributed by atoms with van der Waals surface area (Å²) in [5, 5.41) is 3.10. The van der Waals surface area contributed by atoms with Crippen molar-refractivity contribution in [3.63, 3.8) is 0 Å². The number of amides is 1. The van der Waals surface area contributed by atoms with Crippen LogP contribution in [0.3, 0.4) is 0 Å². The number of H-pyrrole nitrogens is 1. The Kier molecular flexibility index (Phi) is 8.01. The Hall–Kier alpha value is -3.30. The van der Waals surface area contributed by atoms with E-state index in [1.165, 1.54) is 10.1 Å². The molecule has 1 amide bonds. The first-order valence-electron chi connectivity index (χ1n) is 12.6. The number of aromatic nitrogens is 3. The van der Waals surface area contributed by atoms with Gasteiger partial charge < -0.3 is 10.1 Å². The van der Waals surface area contributed by atoms with Crippen LogP contribution in [-0.2, 0) is 24.4 Å². The Balaban J connectivity index is 1.60. The molecule has 9 nitrogen and oxygen atoms in total. The van der Waals surface area contributed by atoms with Crippen molar-refractivity contribution < 1.29 is 9.53 Å². The van der Waals surface area contributed by atoms with E-state index in [1.54, 1.807) is 6.07 Å². The average Bonchev–Trinajstić information content (AvgIpc) is 2.84. The van der Waals surface area contributed by atoms with Crippen LogP contribution in [0.25, 0.3) is 11.0 Å². The van der Waals surface area contributed by atoms with Crippen LogP contribution in [0.15, 0.2) is 39.9 Å². The van der Waals surface area contributed by atoms with Gasteiger partial charge in [-0.2, -0.15) is 0 Å². The van der Waals surface area contributed by atoms with Gasteiger partial charge >= 0.3 is 5.69 Å². The number of fused-ring (bicyclic) bond motifs is 1. The molecule has 3 heterocycles. The summed E-state index contributed by atoms with van der Waals surface area (Å²) in [6.45, 7) is 12.0.